The molecule has 0 bridgehead atoms. The van der Waals surface area contributed by atoms with Gasteiger partial charge in [0.2, 0.25) is 0 Å². The summed E-state index contributed by atoms with van der Waals surface area (Å²) in [5.41, 5.74) is 37.0. The highest BCUT2D eigenvalue weighted by molar-refractivity contribution is 6.08. The molecule has 12 heterocycles. The Balaban J connectivity index is 0.000000113. The summed E-state index contributed by atoms with van der Waals surface area (Å²) in [6.07, 6.45) is 61.5. The maximum Gasteiger partial charge on any atom is 0.128 e. The minimum absolute atomic E-state index is 0.546. The second-order valence-corrected chi connectivity index (χ2v) is 37.7. The van der Waals surface area contributed by atoms with E-state index in [1.165, 1.54) is 99.9 Å². The summed E-state index contributed by atoms with van der Waals surface area (Å²) in [6.45, 7) is 19.4. The van der Waals surface area contributed by atoms with Crippen LogP contribution in [0.4, 0.5) is 0 Å². The third-order valence-corrected chi connectivity index (χ3v) is 27.7. The van der Waals surface area contributed by atoms with Gasteiger partial charge in [-0.05, 0) is 252 Å². The Morgan fingerprint density at radius 3 is 0.944 bits per heavy atom. The molecule has 8 N–H and O–H groups in total. The van der Waals surface area contributed by atoms with Crippen molar-refractivity contribution in [3.05, 3.63) is 359 Å². The molecule has 0 atom stereocenters. The van der Waals surface area contributed by atoms with Gasteiger partial charge in [0.15, 0.2) is 0 Å². The van der Waals surface area contributed by atoms with E-state index in [0.717, 1.165) is 299 Å². The normalized spacial score (nSPS) is 13.5. The number of aromatic amines is 8. The Bertz CT molecular complexity index is 7580. The minimum atomic E-state index is 0.546. The number of allylic oxidation sites excluding steroid dienone is 16. The number of hydrogen-bond acceptors (Lipinski definition) is 12. The highest BCUT2D eigenvalue weighted by Gasteiger charge is 2.31. The highest BCUT2D eigenvalue weighted by Crippen LogP contribution is 2.50. The van der Waals surface area contributed by atoms with Crippen LogP contribution in [0.1, 0.15) is 198 Å². The van der Waals surface area contributed by atoms with Crippen molar-refractivity contribution in [2.45, 2.75) is 210 Å². The average Bonchev–Trinajstić information content (AvgIpc) is 1.06. The molecule has 18 aromatic rings. The van der Waals surface area contributed by atoms with Gasteiger partial charge in [0.05, 0.1) is 81.0 Å². The van der Waals surface area contributed by atoms with Gasteiger partial charge in [-0.25, -0.2) is 39.9 Å². The van der Waals surface area contributed by atoms with Gasteiger partial charge in [-0.1, -0.05) is 201 Å². The van der Waals surface area contributed by atoms with Crippen LogP contribution in [0.5, 0.6) is 23.0 Å². The molecule has 0 spiro atoms. The predicted octanol–water partition coefficient (Wildman–Crippen LogP) is 29.7. The average molecular weight is 1900 g/mol. The molecule has 0 unspecified atom stereocenters. The van der Waals surface area contributed by atoms with E-state index in [-0.39, 0.29) is 0 Å². The zero-order chi connectivity index (χ0) is 97.9. The first kappa shape index (κ1) is 94.3. The molecule has 10 aromatic carbocycles. The maximum absolute atomic E-state index is 6.29. The summed E-state index contributed by atoms with van der Waals surface area (Å²) >= 11 is 0. The van der Waals surface area contributed by atoms with Crippen LogP contribution in [-0.4, -0.2) is 79.7 Å². The van der Waals surface area contributed by atoms with Gasteiger partial charge in [0, 0.05) is 118 Å². The largest absolute Gasteiger partial charge is 0.488 e. The second kappa shape index (κ2) is 43.2. The third kappa shape index (κ3) is 20.2. The van der Waals surface area contributed by atoms with E-state index >= 15 is 0 Å². The van der Waals surface area contributed by atoms with Crippen molar-refractivity contribution >= 4 is 43.6 Å². The molecule has 24 rings (SSSR count). The standard InChI is InChI=1S/C31H32N4O.C31H30N4O.C31H32N4O.C31H30N4O/c2*1-3-5-7-9-29-32-18-27(34-29)21-11-13-23-22(15-21)19-36-28-17-24-20(16-25(23)28)12-14-26-31(24)35-30(33-26)10-8-6-4-2;2*1-3-5-7-9-29-32-18-27(34-29)21-11-13-23-24-15-20-12-14-26-31(35-30(33-26)10-8-6-4-2)25(20)16-22(24)19-36-28(23)17-21/h5-8,11,13,15-18H,3-4,9-10,12,14,19H2,1-2H3,(H,32,34)(H,33,35);5-8,11-18H,3-4,9-10,19H2,1-2H3,(H,32,34)(H,33,35);5-8,11,13,15-18H,3-4,9-10,12,14,19H2,1-2H3,(H,32,34)(H,33,35);5-8,11-18H,3-4,9-10,19H2,1-2H3,(H,32,34)(H,33,35). The van der Waals surface area contributed by atoms with Gasteiger partial charge in [-0.2, -0.15) is 0 Å². The molecule has 20 nitrogen and oxygen atoms in total. The monoisotopic (exact) mass is 1900 g/mol. The van der Waals surface area contributed by atoms with Crippen molar-refractivity contribution in [2.75, 3.05) is 0 Å². The molecule has 8 aromatic heterocycles. The zero-order valence-corrected chi connectivity index (χ0v) is 83.6. The Kier molecular flexibility index (Phi) is 28.3. The summed E-state index contributed by atoms with van der Waals surface area (Å²) in [5, 5.41) is 4.65. The number of ether oxygens (including phenoxy) is 4. The van der Waals surface area contributed by atoms with E-state index < -0.39 is 0 Å². The number of rotatable bonds is 28. The number of imidazole rings is 8. The van der Waals surface area contributed by atoms with E-state index in [4.69, 9.17) is 38.9 Å². The lowest BCUT2D eigenvalue weighted by atomic mass is 9.85. The zero-order valence-electron chi connectivity index (χ0n) is 83.6. The Morgan fingerprint density at radius 1 is 0.236 bits per heavy atom. The summed E-state index contributed by atoms with van der Waals surface area (Å²) in [7, 11) is 0. The third-order valence-electron chi connectivity index (χ3n) is 27.7. The van der Waals surface area contributed by atoms with Crippen LogP contribution >= 0.6 is 0 Å². The Morgan fingerprint density at radius 2 is 0.542 bits per heavy atom. The van der Waals surface area contributed by atoms with Crippen LogP contribution in [0, 0.1) is 0 Å². The predicted molar refractivity (Wildman–Crippen MR) is 585 cm³/mol. The minimum Gasteiger partial charge on any atom is -0.488 e. The van der Waals surface area contributed by atoms with Crippen LogP contribution in [0.15, 0.2) is 268 Å². The smallest absolute Gasteiger partial charge is 0.128 e. The van der Waals surface area contributed by atoms with Crippen molar-refractivity contribution in [1.29, 1.82) is 0 Å². The van der Waals surface area contributed by atoms with Crippen molar-refractivity contribution in [1.82, 2.24) is 79.7 Å². The number of H-pyrrole nitrogens is 8. The summed E-state index contributed by atoms with van der Waals surface area (Å²) in [4.78, 5) is 65.8. The number of nitrogens with one attached hydrogen (secondary N) is 8. The summed E-state index contributed by atoms with van der Waals surface area (Å²) in [6, 6.07) is 52.9. The number of aryl methyl sites for hydroxylation is 4. The number of fused-ring (bicyclic) bond motifs is 24. The molecule has 0 fully saturated rings. The second-order valence-electron chi connectivity index (χ2n) is 37.7. The maximum atomic E-state index is 6.29. The lowest BCUT2D eigenvalue weighted by Crippen LogP contribution is -2.10. The molecule has 4 aliphatic heterocycles. The van der Waals surface area contributed by atoms with Gasteiger partial charge in [-0.15, -0.1) is 0 Å². The fourth-order valence-electron chi connectivity index (χ4n) is 20.3. The van der Waals surface area contributed by atoms with Gasteiger partial charge in [0.25, 0.3) is 0 Å². The van der Waals surface area contributed by atoms with E-state index in [9.17, 15) is 0 Å². The number of hydrogen-bond donors (Lipinski definition) is 8. The van der Waals surface area contributed by atoms with Crippen LogP contribution in [-0.2, 0) is 103 Å². The van der Waals surface area contributed by atoms with Crippen LogP contribution in [0.25, 0.3) is 156 Å². The molecule has 0 saturated carbocycles. The number of nitrogens with zero attached hydrogens (tertiary/aromatic N) is 8. The molecule has 0 saturated heterocycles. The Labute approximate surface area is 841 Å². The van der Waals surface area contributed by atoms with E-state index in [2.05, 4.69) is 358 Å². The van der Waals surface area contributed by atoms with E-state index in [1.54, 1.807) is 0 Å². The van der Waals surface area contributed by atoms with Crippen molar-refractivity contribution in [3.8, 4) is 135 Å². The SMILES string of the molecule is CCC=CCc1ncc(-c2ccc3c(c2)COc2cc4c(cc2-3)CCc2[nH]c(CC=CCC)nc2-4)[nH]1.CCC=CCc1ncc(-c2ccc3c(c2)COc2cc4c(ccc5[nH]c(CC=CCC)nc54)cc2-3)[nH]1.CCC=CCc1ncc(-c2ccc3c(c2)OCc2cc4c(cc2-3)CCc2[nH]c(CC=CCC)nc2-4)[nH]1.CCC=CCc1ncc(-c2ccc3c(c2)OCc2cc4c(ccc5[nH]c(CC=CCC)nc54)cc2-3)[nH]1. The van der Waals surface area contributed by atoms with Gasteiger partial charge in [0.1, 0.15) is 96.0 Å². The van der Waals surface area contributed by atoms with Crippen molar-refractivity contribution < 1.29 is 18.9 Å². The summed E-state index contributed by atoms with van der Waals surface area (Å²) < 4.78 is 25.1. The van der Waals surface area contributed by atoms with Crippen LogP contribution in [0.3, 0.4) is 0 Å². The fraction of sp³-hybridized carbons (Fsp3) is 0.258. The molecule has 0 radical (unpaired) electrons. The molecule has 6 aliphatic rings. The van der Waals surface area contributed by atoms with Gasteiger partial charge in [-0.3, -0.25) is 0 Å². The van der Waals surface area contributed by atoms with E-state index in [0.29, 0.717) is 26.4 Å². The number of benzene rings is 10. The van der Waals surface area contributed by atoms with Crippen LogP contribution in [0.2, 0.25) is 0 Å². The Hall–Kier alpha value is -16.0. The first-order chi connectivity index (χ1) is 70.9. The first-order valence-corrected chi connectivity index (χ1v) is 51.7. The van der Waals surface area contributed by atoms with E-state index in [1.807, 2.05) is 24.8 Å². The molecule has 0 amide bonds. The van der Waals surface area contributed by atoms with Crippen molar-refractivity contribution in [3.63, 3.8) is 0 Å². The van der Waals surface area contributed by atoms with Crippen molar-refractivity contribution in [2.24, 2.45) is 0 Å². The molecular weight excluding hydrogens is 1780 g/mol. The van der Waals surface area contributed by atoms with Crippen LogP contribution < -0.4 is 18.9 Å². The molecule has 20 heteroatoms. The summed E-state index contributed by atoms with van der Waals surface area (Å²) in [5.74, 6) is 11.7. The lowest BCUT2D eigenvalue weighted by molar-refractivity contribution is 0.302. The molecular formula is C124H124N16O4. The van der Waals surface area contributed by atoms with Gasteiger partial charge >= 0.3 is 0 Å². The fourth-order valence-corrected chi connectivity index (χ4v) is 20.3. The molecule has 2 aliphatic carbocycles. The number of aromatic nitrogens is 16. The quantitative estimate of drug-likeness (QED) is 0.0213. The highest BCUT2D eigenvalue weighted by atomic mass is 16.5. The first-order valence-electron chi connectivity index (χ1n) is 51.7. The molecule has 144 heavy (non-hydrogen) atoms. The lowest BCUT2D eigenvalue weighted by Gasteiger charge is -2.25. The van der Waals surface area contributed by atoms with Gasteiger partial charge < -0.3 is 58.8 Å². The molecule has 724 valence electrons. The topological polar surface area (TPSA) is 266 Å².